The van der Waals surface area contributed by atoms with E-state index in [1.54, 1.807) is 6.92 Å². The molecule has 2 atom stereocenters. The summed E-state index contributed by atoms with van der Waals surface area (Å²) in [5.41, 5.74) is 2.05. The van der Waals surface area contributed by atoms with E-state index in [9.17, 15) is 13.2 Å². The normalized spacial score (nSPS) is 19.0. The van der Waals surface area contributed by atoms with Crippen molar-refractivity contribution in [3.63, 3.8) is 0 Å². The maximum Gasteiger partial charge on any atom is 0.405 e. The molecule has 156 valence electrons. The van der Waals surface area contributed by atoms with Gasteiger partial charge in [-0.05, 0) is 38.3 Å². The van der Waals surface area contributed by atoms with Gasteiger partial charge < -0.3 is 10.6 Å². The highest BCUT2D eigenvalue weighted by atomic mass is 32.1. The van der Waals surface area contributed by atoms with Crippen LogP contribution in [0.3, 0.4) is 0 Å². The number of nitrogens with one attached hydrogen (secondary N) is 2. The van der Waals surface area contributed by atoms with Gasteiger partial charge in [0.05, 0.1) is 27.5 Å². The number of hydrogen-bond donors (Lipinski definition) is 2. The van der Waals surface area contributed by atoms with Crippen molar-refractivity contribution in [3.8, 4) is 16.6 Å². The average Bonchev–Trinajstić information content (AvgIpc) is 3.32. The fourth-order valence-corrected chi connectivity index (χ4v) is 4.66. The van der Waals surface area contributed by atoms with Crippen molar-refractivity contribution < 1.29 is 13.2 Å². The molecule has 2 N–H and O–H groups in total. The van der Waals surface area contributed by atoms with Crippen molar-refractivity contribution in [2.45, 2.75) is 38.4 Å². The van der Waals surface area contributed by atoms with E-state index in [4.69, 9.17) is 5.26 Å². The molecular formula is C20H19F3N6S. The number of anilines is 2. The number of thiazole rings is 1. The van der Waals surface area contributed by atoms with Crippen LogP contribution in [-0.4, -0.2) is 33.7 Å². The Morgan fingerprint density at radius 2 is 2.00 bits per heavy atom. The molecule has 1 fully saturated rings. The zero-order valence-corrected chi connectivity index (χ0v) is 16.9. The van der Waals surface area contributed by atoms with Crippen LogP contribution in [0.25, 0.3) is 20.8 Å². The zero-order valence-electron chi connectivity index (χ0n) is 16.1. The van der Waals surface area contributed by atoms with Crippen LogP contribution in [0.1, 0.15) is 25.0 Å². The minimum Gasteiger partial charge on any atom is -0.367 e. The largest absolute Gasteiger partial charge is 0.405 e. The van der Waals surface area contributed by atoms with Gasteiger partial charge in [0.1, 0.15) is 17.4 Å². The average molecular weight is 432 g/mol. The van der Waals surface area contributed by atoms with Gasteiger partial charge in [-0.15, -0.1) is 11.3 Å². The Bertz CT molecular complexity index is 1070. The van der Waals surface area contributed by atoms with E-state index in [1.165, 1.54) is 11.3 Å². The Morgan fingerprint density at radius 1 is 1.20 bits per heavy atom. The minimum absolute atomic E-state index is 0.0209. The third-order valence-corrected chi connectivity index (χ3v) is 6.05. The fourth-order valence-electron chi connectivity index (χ4n) is 3.59. The first-order valence-corrected chi connectivity index (χ1v) is 10.4. The molecular weight excluding hydrogens is 413 g/mol. The second-order valence-electron chi connectivity index (χ2n) is 7.29. The summed E-state index contributed by atoms with van der Waals surface area (Å²) in [4.78, 5) is 13.3. The van der Waals surface area contributed by atoms with E-state index < -0.39 is 12.7 Å². The van der Waals surface area contributed by atoms with Crippen molar-refractivity contribution in [3.05, 3.63) is 30.0 Å². The highest BCUT2D eigenvalue weighted by molar-refractivity contribution is 7.21. The van der Waals surface area contributed by atoms with Crippen molar-refractivity contribution in [2.75, 3.05) is 17.2 Å². The molecule has 1 aromatic carbocycles. The van der Waals surface area contributed by atoms with Crippen molar-refractivity contribution in [1.82, 2.24) is 15.0 Å². The summed E-state index contributed by atoms with van der Waals surface area (Å²) in [5.74, 6) is 0.320. The van der Waals surface area contributed by atoms with Crippen LogP contribution in [0.15, 0.2) is 24.3 Å². The predicted molar refractivity (Wildman–Crippen MR) is 110 cm³/mol. The number of rotatable bonds is 5. The zero-order chi connectivity index (χ0) is 21.3. The third-order valence-electron chi connectivity index (χ3n) is 5.00. The van der Waals surface area contributed by atoms with Crippen LogP contribution in [0.4, 0.5) is 24.9 Å². The van der Waals surface area contributed by atoms with Crippen LogP contribution < -0.4 is 10.6 Å². The lowest BCUT2D eigenvalue weighted by molar-refractivity contribution is -0.115. The van der Waals surface area contributed by atoms with Crippen molar-refractivity contribution in [2.24, 2.45) is 5.92 Å². The summed E-state index contributed by atoms with van der Waals surface area (Å²) in [6, 6.07) is 10.0. The third kappa shape index (κ3) is 4.46. The number of fused-ring (bicyclic) bond motifs is 1. The summed E-state index contributed by atoms with van der Waals surface area (Å²) >= 11 is 1.48. The molecule has 0 radical (unpaired) electrons. The molecule has 1 saturated carbocycles. The molecule has 10 heteroatoms. The molecule has 0 bridgehead atoms. The first-order valence-electron chi connectivity index (χ1n) is 9.54. The maximum absolute atomic E-state index is 12.6. The molecule has 0 amide bonds. The molecule has 4 rings (SSSR count). The van der Waals surface area contributed by atoms with Gasteiger partial charge in [0, 0.05) is 12.0 Å². The predicted octanol–water partition coefficient (Wildman–Crippen LogP) is 5.14. The van der Waals surface area contributed by atoms with Crippen molar-refractivity contribution in [1.29, 1.82) is 5.26 Å². The highest BCUT2D eigenvalue weighted by Crippen LogP contribution is 2.37. The highest BCUT2D eigenvalue weighted by Gasteiger charge is 2.29. The van der Waals surface area contributed by atoms with Crippen LogP contribution >= 0.6 is 11.3 Å². The second-order valence-corrected chi connectivity index (χ2v) is 8.32. The lowest BCUT2D eigenvalue weighted by Crippen LogP contribution is -2.23. The molecule has 3 aromatic rings. The number of nitriles is 1. The van der Waals surface area contributed by atoms with Gasteiger partial charge in [-0.1, -0.05) is 12.1 Å². The lowest BCUT2D eigenvalue weighted by atomic mass is 10.1. The van der Waals surface area contributed by atoms with Crippen LogP contribution in [0.5, 0.6) is 0 Å². The number of alkyl halides is 3. The molecule has 1 aliphatic carbocycles. The lowest BCUT2D eigenvalue weighted by Gasteiger charge is -2.18. The van der Waals surface area contributed by atoms with Gasteiger partial charge in [-0.25, -0.2) is 9.97 Å². The standard InChI is InChI=1S/C20H19F3N6S/c1-11-16(18-28-14-4-2-3-5-15(14)30-18)17(27-13-7-6-12(8-13)9-24)29-19(26-11)25-10-20(21,22)23/h2-5,12-13H,6-8,10H2,1H3,(H2,25,26,27,29)/t12?,13-/m0/s1. The number of aromatic nitrogens is 3. The van der Waals surface area contributed by atoms with Crippen LogP contribution in [-0.2, 0) is 0 Å². The molecule has 0 saturated heterocycles. The van der Waals surface area contributed by atoms with Gasteiger partial charge in [0.2, 0.25) is 5.95 Å². The summed E-state index contributed by atoms with van der Waals surface area (Å²) in [7, 11) is 0. The minimum atomic E-state index is -4.37. The number of benzene rings is 1. The van der Waals surface area contributed by atoms with E-state index in [0.717, 1.165) is 23.1 Å². The summed E-state index contributed by atoms with van der Waals surface area (Å²) < 4.78 is 38.9. The van der Waals surface area contributed by atoms with E-state index in [1.807, 2.05) is 24.3 Å². The molecule has 0 aliphatic heterocycles. The number of nitrogens with zero attached hydrogens (tertiary/aromatic N) is 4. The van der Waals surface area contributed by atoms with E-state index in [2.05, 4.69) is 31.7 Å². The topological polar surface area (TPSA) is 86.5 Å². The molecule has 6 nitrogen and oxygen atoms in total. The summed E-state index contributed by atoms with van der Waals surface area (Å²) in [6.45, 7) is 0.520. The molecule has 1 unspecified atom stereocenters. The summed E-state index contributed by atoms with van der Waals surface area (Å²) in [5, 5.41) is 15.5. The van der Waals surface area contributed by atoms with Crippen molar-refractivity contribution >= 4 is 33.3 Å². The SMILES string of the molecule is Cc1nc(NCC(F)(F)F)nc(N[C@H]2CCC(C#N)C2)c1-c1nc2ccccc2s1. The second kappa shape index (κ2) is 8.07. The molecule has 2 aromatic heterocycles. The van der Waals surface area contributed by atoms with Gasteiger partial charge >= 0.3 is 6.18 Å². The molecule has 1 aliphatic rings. The Hall–Kier alpha value is -2.93. The molecule has 2 heterocycles. The monoisotopic (exact) mass is 432 g/mol. The van der Waals surface area contributed by atoms with Crippen LogP contribution in [0.2, 0.25) is 0 Å². The Labute approximate surface area is 175 Å². The first kappa shape index (κ1) is 20.3. The van der Waals surface area contributed by atoms with E-state index >= 15 is 0 Å². The molecule has 30 heavy (non-hydrogen) atoms. The quantitative estimate of drug-likeness (QED) is 0.581. The fraction of sp³-hybridized carbons (Fsp3) is 0.400. The Balaban J connectivity index is 1.72. The van der Waals surface area contributed by atoms with Gasteiger partial charge in [0.25, 0.3) is 0 Å². The van der Waals surface area contributed by atoms with E-state index in [-0.39, 0.29) is 17.9 Å². The smallest absolute Gasteiger partial charge is 0.367 e. The van der Waals surface area contributed by atoms with Gasteiger partial charge in [-0.2, -0.15) is 23.4 Å². The van der Waals surface area contributed by atoms with Gasteiger partial charge in [-0.3, -0.25) is 0 Å². The first-order chi connectivity index (χ1) is 14.3. The maximum atomic E-state index is 12.6. The Morgan fingerprint density at radius 3 is 2.70 bits per heavy atom. The molecule has 0 spiro atoms. The van der Waals surface area contributed by atoms with Gasteiger partial charge in [0.15, 0.2) is 0 Å². The van der Waals surface area contributed by atoms with Crippen LogP contribution in [0, 0.1) is 24.2 Å². The van der Waals surface area contributed by atoms with E-state index in [0.29, 0.717) is 28.5 Å². The number of para-hydroxylation sites is 1. The number of hydrogen-bond acceptors (Lipinski definition) is 7. The summed E-state index contributed by atoms with van der Waals surface area (Å²) in [6.07, 6.45) is -2.12. The number of aryl methyl sites for hydroxylation is 1. The Kier molecular flexibility index (Phi) is 5.47. The number of halogens is 3.